The highest BCUT2D eigenvalue weighted by Gasteiger charge is 2.17. The zero-order chi connectivity index (χ0) is 13.5. The Balaban J connectivity index is 2.68. The predicted octanol–water partition coefficient (Wildman–Crippen LogP) is -0.0746. The molecule has 1 rings (SSSR count). The van der Waals surface area contributed by atoms with E-state index >= 15 is 0 Å². The molecule has 0 aromatic heterocycles. The van der Waals surface area contributed by atoms with Crippen LogP contribution in [-0.4, -0.2) is 33.9 Å². The predicted molar refractivity (Wildman–Crippen MR) is 63.4 cm³/mol. The zero-order valence-corrected chi connectivity index (χ0v) is 9.58. The summed E-state index contributed by atoms with van der Waals surface area (Å²) >= 11 is 0. The molecule has 18 heavy (non-hydrogen) atoms. The van der Waals surface area contributed by atoms with Crippen molar-refractivity contribution in [1.29, 1.82) is 5.26 Å². The van der Waals surface area contributed by atoms with Gasteiger partial charge in [-0.05, 0) is 17.7 Å². The number of carbonyl (C=O) groups excluding carboxylic acids is 1. The molecule has 0 fully saturated rings. The molecule has 0 spiro atoms. The molecule has 1 amide bonds. The minimum atomic E-state index is -1.25. The van der Waals surface area contributed by atoms with Crippen molar-refractivity contribution >= 4 is 11.6 Å². The average molecular weight is 250 g/mol. The van der Waals surface area contributed by atoms with Crippen LogP contribution >= 0.6 is 0 Å². The molecule has 0 aliphatic carbocycles. The summed E-state index contributed by atoms with van der Waals surface area (Å²) in [4.78, 5) is 11.1. The van der Waals surface area contributed by atoms with Crippen molar-refractivity contribution in [2.45, 2.75) is 18.6 Å². The van der Waals surface area contributed by atoms with Crippen LogP contribution in [0.1, 0.15) is 18.1 Å². The van der Waals surface area contributed by atoms with E-state index in [0.29, 0.717) is 11.3 Å². The van der Waals surface area contributed by atoms with Crippen LogP contribution in [0.2, 0.25) is 0 Å². The number of carbonyl (C=O) groups is 1. The van der Waals surface area contributed by atoms with Gasteiger partial charge >= 0.3 is 0 Å². The highest BCUT2D eigenvalue weighted by Crippen LogP contribution is 2.19. The van der Waals surface area contributed by atoms with E-state index in [1.807, 2.05) is 0 Å². The third-order valence-corrected chi connectivity index (χ3v) is 2.33. The number of nitriles is 1. The summed E-state index contributed by atoms with van der Waals surface area (Å²) in [6.07, 6.45) is -2.66. The fourth-order valence-corrected chi connectivity index (χ4v) is 1.36. The van der Waals surface area contributed by atoms with Crippen LogP contribution in [-0.2, 0) is 4.79 Å². The lowest BCUT2D eigenvalue weighted by Gasteiger charge is -2.16. The molecular formula is C12H14N2O4. The number of nitrogens with one attached hydrogen (secondary N) is 1. The van der Waals surface area contributed by atoms with Crippen LogP contribution in [0, 0.1) is 11.3 Å². The number of amides is 1. The SMILES string of the molecule is N#CCC(=O)Nc1ccc(C(O)C(O)CO)cc1. The third kappa shape index (κ3) is 3.82. The van der Waals surface area contributed by atoms with Crippen molar-refractivity contribution in [1.82, 2.24) is 0 Å². The molecule has 1 aromatic rings. The van der Waals surface area contributed by atoms with E-state index in [1.54, 1.807) is 6.07 Å². The molecule has 0 radical (unpaired) electrons. The Kier molecular flexibility index (Phi) is 5.27. The maximum atomic E-state index is 11.1. The van der Waals surface area contributed by atoms with Crippen molar-refractivity contribution in [3.05, 3.63) is 29.8 Å². The van der Waals surface area contributed by atoms with Gasteiger partial charge in [-0.15, -0.1) is 0 Å². The fourth-order valence-electron chi connectivity index (χ4n) is 1.36. The molecule has 0 saturated carbocycles. The van der Waals surface area contributed by atoms with Gasteiger partial charge in [0.25, 0.3) is 0 Å². The molecule has 2 unspecified atom stereocenters. The van der Waals surface area contributed by atoms with Gasteiger partial charge in [0.05, 0.1) is 12.7 Å². The average Bonchev–Trinajstić information content (AvgIpc) is 2.38. The second kappa shape index (κ2) is 6.71. The van der Waals surface area contributed by atoms with Crippen molar-refractivity contribution < 1.29 is 20.1 Å². The summed E-state index contributed by atoms with van der Waals surface area (Å²) in [5.41, 5.74) is 0.916. The lowest BCUT2D eigenvalue weighted by atomic mass is 10.0. The van der Waals surface area contributed by atoms with E-state index in [0.717, 1.165) is 0 Å². The maximum Gasteiger partial charge on any atom is 0.238 e. The van der Waals surface area contributed by atoms with Gasteiger partial charge in [0.2, 0.25) is 5.91 Å². The van der Waals surface area contributed by atoms with Gasteiger partial charge in [0.15, 0.2) is 0 Å². The molecule has 0 saturated heterocycles. The Labute approximate surface area is 104 Å². The number of benzene rings is 1. The van der Waals surface area contributed by atoms with Gasteiger partial charge in [-0.3, -0.25) is 4.79 Å². The number of anilines is 1. The smallest absolute Gasteiger partial charge is 0.238 e. The van der Waals surface area contributed by atoms with E-state index in [2.05, 4.69) is 5.32 Å². The quantitative estimate of drug-likeness (QED) is 0.584. The minimum Gasteiger partial charge on any atom is -0.394 e. The van der Waals surface area contributed by atoms with Crippen molar-refractivity contribution in [2.75, 3.05) is 11.9 Å². The molecule has 6 heteroatoms. The Morgan fingerprint density at radius 3 is 2.44 bits per heavy atom. The standard InChI is InChI=1S/C12H14N2O4/c13-6-5-11(17)14-9-3-1-8(2-4-9)12(18)10(16)7-15/h1-4,10,12,15-16,18H,5,7H2,(H,14,17). The van der Waals surface area contributed by atoms with E-state index < -0.39 is 24.7 Å². The molecule has 4 N–H and O–H groups in total. The molecule has 0 aliphatic heterocycles. The molecule has 1 aromatic carbocycles. The van der Waals surface area contributed by atoms with Crippen LogP contribution in [0.3, 0.4) is 0 Å². The zero-order valence-electron chi connectivity index (χ0n) is 9.58. The second-order valence-electron chi connectivity index (χ2n) is 3.70. The number of aliphatic hydroxyl groups excluding tert-OH is 3. The van der Waals surface area contributed by atoms with Gasteiger partial charge in [-0.25, -0.2) is 0 Å². The van der Waals surface area contributed by atoms with Gasteiger partial charge in [0.1, 0.15) is 18.6 Å². The summed E-state index contributed by atoms with van der Waals surface area (Å²) < 4.78 is 0. The Hall–Kier alpha value is -1.94. The number of aliphatic hydroxyl groups is 3. The van der Waals surface area contributed by atoms with Gasteiger partial charge < -0.3 is 20.6 Å². The van der Waals surface area contributed by atoms with Crippen LogP contribution in [0.15, 0.2) is 24.3 Å². The minimum absolute atomic E-state index is 0.229. The molecule has 96 valence electrons. The Morgan fingerprint density at radius 1 is 1.33 bits per heavy atom. The van der Waals surface area contributed by atoms with Gasteiger partial charge in [-0.2, -0.15) is 5.26 Å². The first kappa shape index (κ1) is 14.1. The lowest BCUT2D eigenvalue weighted by Crippen LogP contribution is -2.22. The summed E-state index contributed by atoms with van der Waals surface area (Å²) in [5.74, 6) is -0.416. The van der Waals surface area contributed by atoms with Crippen molar-refractivity contribution in [3.63, 3.8) is 0 Å². The number of hydrogen-bond donors (Lipinski definition) is 4. The van der Waals surface area contributed by atoms with Crippen LogP contribution in [0.25, 0.3) is 0 Å². The first-order valence-electron chi connectivity index (χ1n) is 5.32. The maximum absolute atomic E-state index is 11.1. The largest absolute Gasteiger partial charge is 0.394 e. The molecule has 2 atom stereocenters. The number of nitrogens with zero attached hydrogens (tertiary/aromatic N) is 1. The normalized spacial score (nSPS) is 13.4. The van der Waals surface area contributed by atoms with E-state index in [9.17, 15) is 15.0 Å². The van der Waals surface area contributed by atoms with Crippen LogP contribution in [0.4, 0.5) is 5.69 Å². The van der Waals surface area contributed by atoms with Gasteiger partial charge in [0, 0.05) is 5.69 Å². The van der Waals surface area contributed by atoms with Crippen molar-refractivity contribution in [3.8, 4) is 6.07 Å². The summed E-state index contributed by atoms with van der Waals surface area (Å²) in [5, 5.41) is 38.4. The van der Waals surface area contributed by atoms with E-state index in [1.165, 1.54) is 24.3 Å². The monoisotopic (exact) mass is 250 g/mol. The number of rotatable bonds is 5. The molecular weight excluding hydrogens is 236 g/mol. The highest BCUT2D eigenvalue weighted by molar-refractivity contribution is 5.91. The first-order chi connectivity index (χ1) is 8.58. The van der Waals surface area contributed by atoms with Crippen molar-refractivity contribution in [2.24, 2.45) is 0 Å². The van der Waals surface area contributed by atoms with Gasteiger partial charge in [-0.1, -0.05) is 12.1 Å². The molecule has 0 bridgehead atoms. The first-order valence-corrected chi connectivity index (χ1v) is 5.32. The highest BCUT2D eigenvalue weighted by atomic mass is 16.4. The molecule has 0 heterocycles. The molecule has 0 aliphatic rings. The fraction of sp³-hybridized carbons (Fsp3) is 0.333. The van der Waals surface area contributed by atoms with Crippen LogP contribution in [0.5, 0.6) is 0 Å². The Bertz CT molecular complexity index is 438. The number of hydrogen-bond acceptors (Lipinski definition) is 5. The second-order valence-corrected chi connectivity index (χ2v) is 3.70. The summed E-state index contributed by atoms with van der Waals surface area (Å²) in [7, 11) is 0. The summed E-state index contributed by atoms with van der Waals surface area (Å²) in [6, 6.07) is 7.84. The lowest BCUT2D eigenvalue weighted by molar-refractivity contribution is -0.115. The Morgan fingerprint density at radius 2 is 1.94 bits per heavy atom. The molecule has 6 nitrogen and oxygen atoms in total. The van der Waals surface area contributed by atoms with E-state index in [4.69, 9.17) is 10.4 Å². The third-order valence-electron chi connectivity index (χ3n) is 2.33. The summed E-state index contributed by atoms with van der Waals surface area (Å²) in [6.45, 7) is -0.540. The topological polar surface area (TPSA) is 114 Å². The van der Waals surface area contributed by atoms with Crippen LogP contribution < -0.4 is 5.32 Å². The van der Waals surface area contributed by atoms with E-state index in [-0.39, 0.29) is 6.42 Å².